The van der Waals surface area contributed by atoms with E-state index >= 15 is 0 Å². The van der Waals surface area contributed by atoms with E-state index in [1.54, 1.807) is 31.4 Å². The second-order valence-corrected chi connectivity index (χ2v) is 6.22. The summed E-state index contributed by atoms with van der Waals surface area (Å²) in [6.07, 6.45) is 0.00255. The molecule has 0 fully saturated rings. The summed E-state index contributed by atoms with van der Waals surface area (Å²) in [4.78, 5) is 24.6. The Kier molecular flexibility index (Phi) is 6.82. The van der Waals surface area contributed by atoms with Gasteiger partial charge in [0.1, 0.15) is 0 Å². The quantitative estimate of drug-likeness (QED) is 0.756. The third kappa shape index (κ3) is 5.00. The van der Waals surface area contributed by atoms with Crippen LogP contribution in [0.4, 0.5) is 0 Å². The van der Waals surface area contributed by atoms with Crippen LogP contribution in [0, 0.1) is 13.8 Å². The molecular weight excluding hydrogens is 346 g/mol. The van der Waals surface area contributed by atoms with Crippen LogP contribution in [-0.2, 0) is 9.53 Å². The first-order valence-electron chi connectivity index (χ1n) is 8.56. The van der Waals surface area contributed by atoms with E-state index in [9.17, 15) is 9.59 Å². The Morgan fingerprint density at radius 2 is 1.63 bits per heavy atom. The normalized spacial score (nSPS) is 11.4. The predicted molar refractivity (Wildman–Crippen MR) is 102 cm³/mol. The van der Waals surface area contributed by atoms with Crippen LogP contribution in [0.15, 0.2) is 36.4 Å². The highest BCUT2D eigenvalue weighted by atomic mass is 16.5. The number of carbonyl (C=O) groups excluding carboxylic acids is 2. The Labute approximate surface area is 159 Å². The third-order valence-electron chi connectivity index (χ3n) is 4.48. The van der Waals surface area contributed by atoms with Crippen LogP contribution in [0.5, 0.6) is 11.5 Å². The van der Waals surface area contributed by atoms with Crippen molar-refractivity contribution >= 4 is 11.9 Å². The van der Waals surface area contributed by atoms with E-state index in [0.717, 1.165) is 16.7 Å². The fourth-order valence-corrected chi connectivity index (χ4v) is 2.70. The maximum absolute atomic E-state index is 12.7. The number of esters is 1. The van der Waals surface area contributed by atoms with E-state index in [1.807, 2.05) is 26.0 Å². The highest BCUT2D eigenvalue weighted by molar-refractivity contribution is 5.95. The van der Waals surface area contributed by atoms with Crippen molar-refractivity contribution in [2.24, 2.45) is 0 Å². The Morgan fingerprint density at radius 3 is 2.22 bits per heavy atom. The molecule has 0 heterocycles. The smallest absolute Gasteiger partial charge is 0.307 e. The molecule has 2 aromatic carbocycles. The van der Waals surface area contributed by atoms with Crippen molar-refractivity contribution in [1.29, 1.82) is 0 Å². The lowest BCUT2D eigenvalue weighted by Gasteiger charge is -2.20. The number of hydrogen-bond donors (Lipinski definition) is 1. The van der Waals surface area contributed by atoms with Gasteiger partial charge in [-0.2, -0.15) is 0 Å². The molecule has 144 valence electrons. The lowest BCUT2D eigenvalue weighted by Crippen LogP contribution is -2.30. The standard InChI is InChI=1S/C21H25NO5/c1-13-6-7-16(10-14(13)2)21(24)22-17(12-20(23)27-5)15-8-9-18(25-3)19(11-15)26-4/h6-11,17H,12H2,1-5H3,(H,22,24). The van der Waals surface area contributed by atoms with Gasteiger partial charge in [0.25, 0.3) is 5.91 Å². The highest BCUT2D eigenvalue weighted by Crippen LogP contribution is 2.31. The minimum Gasteiger partial charge on any atom is -0.493 e. The largest absolute Gasteiger partial charge is 0.493 e. The van der Waals surface area contributed by atoms with E-state index in [1.165, 1.54) is 14.2 Å². The van der Waals surface area contributed by atoms with E-state index < -0.39 is 12.0 Å². The Morgan fingerprint density at radius 1 is 0.926 bits per heavy atom. The highest BCUT2D eigenvalue weighted by Gasteiger charge is 2.21. The molecule has 0 aliphatic carbocycles. The molecule has 27 heavy (non-hydrogen) atoms. The van der Waals surface area contributed by atoms with Crippen LogP contribution in [-0.4, -0.2) is 33.2 Å². The molecule has 6 heteroatoms. The summed E-state index contributed by atoms with van der Waals surface area (Å²) in [5, 5.41) is 2.91. The number of methoxy groups -OCH3 is 3. The van der Waals surface area contributed by atoms with E-state index in [-0.39, 0.29) is 12.3 Å². The molecule has 0 aliphatic heterocycles. The van der Waals surface area contributed by atoms with Gasteiger partial charge < -0.3 is 19.5 Å². The average molecular weight is 371 g/mol. The summed E-state index contributed by atoms with van der Waals surface area (Å²) < 4.78 is 15.3. The van der Waals surface area contributed by atoms with Gasteiger partial charge in [0, 0.05) is 5.56 Å². The molecule has 0 aromatic heterocycles. The molecular formula is C21H25NO5. The Balaban J connectivity index is 2.32. The molecule has 1 amide bonds. The first-order valence-corrected chi connectivity index (χ1v) is 8.56. The maximum Gasteiger partial charge on any atom is 0.307 e. The third-order valence-corrected chi connectivity index (χ3v) is 4.48. The summed E-state index contributed by atoms with van der Waals surface area (Å²) in [6.45, 7) is 3.94. The van der Waals surface area contributed by atoms with Crippen molar-refractivity contribution in [3.05, 3.63) is 58.7 Å². The molecule has 0 aliphatic rings. The Bertz CT molecular complexity index is 831. The first-order chi connectivity index (χ1) is 12.9. The molecule has 0 radical (unpaired) electrons. The summed E-state index contributed by atoms with van der Waals surface area (Å²) in [7, 11) is 4.40. The minimum absolute atomic E-state index is 0.00255. The molecule has 1 N–H and O–H groups in total. The number of benzene rings is 2. The van der Waals surface area contributed by atoms with E-state index in [4.69, 9.17) is 14.2 Å². The van der Waals surface area contributed by atoms with Gasteiger partial charge >= 0.3 is 5.97 Å². The monoisotopic (exact) mass is 371 g/mol. The van der Waals surface area contributed by atoms with Crippen LogP contribution in [0.3, 0.4) is 0 Å². The zero-order chi connectivity index (χ0) is 20.0. The average Bonchev–Trinajstić information content (AvgIpc) is 2.68. The van der Waals surface area contributed by atoms with Gasteiger partial charge in [-0.15, -0.1) is 0 Å². The Hall–Kier alpha value is -3.02. The maximum atomic E-state index is 12.7. The fourth-order valence-electron chi connectivity index (χ4n) is 2.70. The van der Waals surface area contributed by atoms with Gasteiger partial charge in [-0.3, -0.25) is 9.59 Å². The molecule has 0 saturated heterocycles. The van der Waals surface area contributed by atoms with E-state index in [2.05, 4.69) is 5.32 Å². The first kappa shape index (κ1) is 20.3. The van der Waals surface area contributed by atoms with Crippen molar-refractivity contribution in [3.8, 4) is 11.5 Å². The number of rotatable bonds is 7. The minimum atomic E-state index is -0.564. The zero-order valence-electron chi connectivity index (χ0n) is 16.3. The topological polar surface area (TPSA) is 73.9 Å². The van der Waals surface area contributed by atoms with Gasteiger partial charge in [0.2, 0.25) is 0 Å². The van der Waals surface area contributed by atoms with Crippen molar-refractivity contribution in [3.63, 3.8) is 0 Å². The fraction of sp³-hybridized carbons (Fsp3) is 0.333. The number of ether oxygens (including phenoxy) is 3. The summed E-state index contributed by atoms with van der Waals surface area (Å²) >= 11 is 0. The predicted octanol–water partition coefficient (Wildman–Crippen LogP) is 3.35. The van der Waals surface area contributed by atoms with Gasteiger partial charge in [-0.05, 0) is 54.8 Å². The molecule has 0 saturated carbocycles. The van der Waals surface area contributed by atoms with Crippen molar-refractivity contribution < 1.29 is 23.8 Å². The van der Waals surface area contributed by atoms with Crippen molar-refractivity contribution in [2.45, 2.75) is 26.3 Å². The second kappa shape index (κ2) is 9.07. The molecule has 1 unspecified atom stereocenters. The van der Waals surface area contributed by atoms with Crippen molar-refractivity contribution in [1.82, 2.24) is 5.32 Å². The second-order valence-electron chi connectivity index (χ2n) is 6.22. The molecule has 2 rings (SSSR count). The molecule has 0 bridgehead atoms. The van der Waals surface area contributed by atoms with Crippen LogP contribution in [0.1, 0.15) is 39.5 Å². The zero-order valence-corrected chi connectivity index (χ0v) is 16.3. The van der Waals surface area contributed by atoms with Gasteiger partial charge in [-0.1, -0.05) is 12.1 Å². The molecule has 6 nitrogen and oxygen atoms in total. The lowest BCUT2D eigenvalue weighted by molar-refractivity contribution is -0.141. The van der Waals surface area contributed by atoms with Crippen LogP contribution in [0.2, 0.25) is 0 Å². The van der Waals surface area contributed by atoms with Crippen LogP contribution in [0.25, 0.3) is 0 Å². The number of nitrogens with one attached hydrogen (secondary N) is 1. The number of aryl methyl sites for hydroxylation is 2. The van der Waals surface area contributed by atoms with Gasteiger partial charge in [0.15, 0.2) is 11.5 Å². The SMILES string of the molecule is COC(=O)CC(NC(=O)c1ccc(C)c(C)c1)c1ccc(OC)c(OC)c1. The number of carbonyl (C=O) groups is 2. The lowest BCUT2D eigenvalue weighted by atomic mass is 10.0. The van der Waals surface area contributed by atoms with E-state index in [0.29, 0.717) is 17.1 Å². The van der Waals surface area contributed by atoms with Crippen molar-refractivity contribution in [2.75, 3.05) is 21.3 Å². The summed E-state index contributed by atoms with van der Waals surface area (Å²) in [5.74, 6) is 0.404. The summed E-state index contributed by atoms with van der Waals surface area (Å²) in [6, 6.07) is 10.2. The van der Waals surface area contributed by atoms with Gasteiger partial charge in [-0.25, -0.2) is 0 Å². The summed E-state index contributed by atoms with van der Waals surface area (Å²) in [5.41, 5.74) is 3.39. The number of hydrogen-bond acceptors (Lipinski definition) is 5. The molecule has 1 atom stereocenters. The van der Waals surface area contributed by atoms with Crippen LogP contribution >= 0.6 is 0 Å². The van der Waals surface area contributed by atoms with Crippen LogP contribution < -0.4 is 14.8 Å². The number of amides is 1. The molecule has 2 aromatic rings. The molecule has 0 spiro atoms. The van der Waals surface area contributed by atoms with Gasteiger partial charge in [0.05, 0.1) is 33.8 Å².